The minimum atomic E-state index is -0.241. The molecule has 42 heavy (non-hydrogen) atoms. The molecule has 3 aromatic rings. The molecule has 1 fully saturated rings. The molecule has 5 rings (SSSR count). The number of nitrogens with zero attached hydrogens (tertiary/aromatic N) is 3. The average Bonchev–Trinajstić information content (AvgIpc) is 3.44. The third-order valence-electron chi connectivity index (χ3n) is 8.69. The molecule has 2 aliphatic heterocycles. The lowest BCUT2D eigenvalue weighted by atomic mass is 9.92. The fraction of sp³-hybridized carbons (Fsp3) is 0.471. The zero-order valence-electron chi connectivity index (χ0n) is 25.4. The van der Waals surface area contributed by atoms with Crippen molar-refractivity contribution in [3.63, 3.8) is 0 Å². The van der Waals surface area contributed by atoms with E-state index >= 15 is 0 Å². The second-order valence-corrected chi connectivity index (χ2v) is 13.2. The molecule has 3 amide bonds. The number of anilines is 1. The second-order valence-electron chi connectivity index (χ2n) is 12.2. The Morgan fingerprint density at radius 2 is 1.71 bits per heavy atom. The maximum absolute atomic E-state index is 14.2. The molecule has 224 valence electrons. The number of para-hydroxylation sites is 1. The van der Waals surface area contributed by atoms with Gasteiger partial charge in [-0.2, -0.15) is 0 Å². The van der Waals surface area contributed by atoms with Crippen molar-refractivity contribution in [3.05, 3.63) is 86.9 Å². The van der Waals surface area contributed by atoms with E-state index in [0.29, 0.717) is 32.6 Å². The van der Waals surface area contributed by atoms with Crippen molar-refractivity contribution in [1.29, 1.82) is 0 Å². The van der Waals surface area contributed by atoms with E-state index in [-0.39, 0.29) is 41.7 Å². The van der Waals surface area contributed by atoms with E-state index in [4.69, 9.17) is 0 Å². The summed E-state index contributed by atoms with van der Waals surface area (Å²) in [5.41, 5.74) is 5.34. The summed E-state index contributed by atoms with van der Waals surface area (Å²) in [5, 5.41) is 5.34. The van der Waals surface area contributed by atoms with Gasteiger partial charge in [0.25, 0.3) is 0 Å². The van der Waals surface area contributed by atoms with Crippen molar-refractivity contribution in [3.8, 4) is 0 Å². The minimum Gasteiger partial charge on any atom is -0.339 e. The van der Waals surface area contributed by atoms with Gasteiger partial charge in [0.15, 0.2) is 0 Å². The third-order valence-corrected chi connectivity index (χ3v) is 9.69. The summed E-state index contributed by atoms with van der Waals surface area (Å²) < 4.78 is 14.2. The van der Waals surface area contributed by atoms with Gasteiger partial charge < -0.3 is 15.1 Å². The van der Waals surface area contributed by atoms with E-state index in [1.807, 2.05) is 22.8 Å². The van der Waals surface area contributed by atoms with Crippen molar-refractivity contribution < 1.29 is 14.0 Å². The molecule has 2 aliphatic rings. The smallest absolute Gasteiger partial charge is 0.322 e. The number of urea groups is 1. The van der Waals surface area contributed by atoms with Gasteiger partial charge in [0.1, 0.15) is 5.82 Å². The molecule has 0 radical (unpaired) electrons. The largest absolute Gasteiger partial charge is 0.339 e. The maximum atomic E-state index is 14.2. The number of benzene rings is 2. The first kappa shape index (κ1) is 30.2. The van der Waals surface area contributed by atoms with E-state index in [1.165, 1.54) is 16.5 Å². The van der Waals surface area contributed by atoms with Crippen molar-refractivity contribution in [2.45, 2.75) is 71.4 Å². The molecular formula is C34H43FN4O2S. The molecular weight excluding hydrogens is 547 g/mol. The first-order chi connectivity index (χ1) is 20.1. The van der Waals surface area contributed by atoms with Crippen LogP contribution in [0.1, 0.15) is 86.0 Å². The Morgan fingerprint density at radius 3 is 2.38 bits per heavy atom. The van der Waals surface area contributed by atoms with Crippen LogP contribution in [0.3, 0.4) is 0 Å². The van der Waals surface area contributed by atoms with Crippen LogP contribution >= 0.6 is 11.3 Å². The summed E-state index contributed by atoms with van der Waals surface area (Å²) >= 11 is 1.75. The number of halogens is 1. The topological polar surface area (TPSA) is 55.9 Å². The van der Waals surface area contributed by atoms with E-state index in [1.54, 1.807) is 23.5 Å². The van der Waals surface area contributed by atoms with E-state index in [9.17, 15) is 14.0 Å². The van der Waals surface area contributed by atoms with Gasteiger partial charge in [-0.3, -0.25) is 9.69 Å². The van der Waals surface area contributed by atoms with Crippen LogP contribution in [0.2, 0.25) is 0 Å². The van der Waals surface area contributed by atoms with Gasteiger partial charge in [-0.15, -0.1) is 11.3 Å². The van der Waals surface area contributed by atoms with Crippen LogP contribution in [0.25, 0.3) is 0 Å². The SMILES string of the molecule is CC(C)c1cccc(C(C)C)c1NC(=O)N1CCN(C(=O)CCN2CCc3sccc3C2c2cccc(F)c2)CC1C. The highest BCUT2D eigenvalue weighted by atomic mass is 32.1. The first-order valence-corrected chi connectivity index (χ1v) is 16.1. The Bertz CT molecular complexity index is 1390. The number of rotatable bonds is 7. The Morgan fingerprint density at radius 1 is 1.00 bits per heavy atom. The van der Waals surface area contributed by atoms with Crippen LogP contribution in [0.15, 0.2) is 53.9 Å². The number of carbonyl (C=O) groups is 2. The molecule has 1 aromatic heterocycles. The minimum absolute atomic E-state index is 0.0487. The summed E-state index contributed by atoms with van der Waals surface area (Å²) in [6.45, 7) is 13.6. The van der Waals surface area contributed by atoms with Crippen molar-refractivity contribution in [2.24, 2.45) is 0 Å². The standard InChI is InChI=1S/C34H43FN4O2S/c1-22(2)27-10-7-11-28(23(3)4)32(27)36-34(41)39-18-17-38(21-24(39)5)31(40)13-16-37-15-12-30-29(14-19-42-30)33(37)25-8-6-9-26(35)20-25/h6-11,14,19-20,22-24,33H,12-13,15-18,21H2,1-5H3,(H,36,41). The van der Waals surface area contributed by atoms with Crippen molar-refractivity contribution >= 4 is 29.0 Å². The van der Waals surface area contributed by atoms with Gasteiger partial charge in [-0.05, 0) is 71.0 Å². The highest BCUT2D eigenvalue weighted by Crippen LogP contribution is 2.38. The molecule has 6 nitrogen and oxygen atoms in total. The quantitative estimate of drug-likeness (QED) is 0.316. The van der Waals surface area contributed by atoms with E-state index in [0.717, 1.165) is 35.3 Å². The van der Waals surface area contributed by atoms with Gasteiger partial charge >= 0.3 is 6.03 Å². The Hall–Kier alpha value is -3.23. The zero-order chi connectivity index (χ0) is 30.0. The molecule has 0 aliphatic carbocycles. The molecule has 2 aromatic carbocycles. The summed E-state index contributed by atoms with van der Waals surface area (Å²) in [6.07, 6.45) is 1.33. The predicted molar refractivity (Wildman–Crippen MR) is 169 cm³/mol. The van der Waals surface area contributed by atoms with Gasteiger partial charge in [0.2, 0.25) is 5.91 Å². The summed E-state index contributed by atoms with van der Waals surface area (Å²) in [7, 11) is 0. The van der Waals surface area contributed by atoms with Crippen LogP contribution < -0.4 is 5.32 Å². The number of hydrogen-bond acceptors (Lipinski definition) is 4. The summed E-state index contributed by atoms with van der Waals surface area (Å²) in [5.74, 6) is 0.438. The van der Waals surface area contributed by atoms with E-state index < -0.39 is 0 Å². The number of nitrogens with one attached hydrogen (secondary N) is 1. The fourth-order valence-electron chi connectivity index (χ4n) is 6.43. The number of thiophene rings is 1. The summed E-state index contributed by atoms with van der Waals surface area (Å²) in [6, 6.07) is 15.0. The van der Waals surface area contributed by atoms with Crippen LogP contribution in [-0.4, -0.2) is 65.4 Å². The molecule has 0 bridgehead atoms. The molecule has 2 unspecified atom stereocenters. The fourth-order valence-corrected chi connectivity index (χ4v) is 7.34. The number of piperazine rings is 1. The monoisotopic (exact) mass is 590 g/mol. The third kappa shape index (κ3) is 6.40. The number of hydrogen-bond donors (Lipinski definition) is 1. The Kier molecular flexibility index (Phi) is 9.33. The summed E-state index contributed by atoms with van der Waals surface area (Å²) in [4.78, 5) is 34.3. The normalized spacial score (nSPS) is 19.3. The maximum Gasteiger partial charge on any atom is 0.322 e. The van der Waals surface area contributed by atoms with Crippen LogP contribution in [0.5, 0.6) is 0 Å². The number of carbonyl (C=O) groups excluding carboxylic acids is 2. The molecule has 0 spiro atoms. The van der Waals surface area contributed by atoms with Gasteiger partial charge in [0, 0.05) is 55.8 Å². The second kappa shape index (κ2) is 13.0. The lowest BCUT2D eigenvalue weighted by molar-refractivity contribution is -0.134. The molecule has 0 saturated carbocycles. The van der Waals surface area contributed by atoms with Crippen molar-refractivity contribution in [2.75, 3.05) is 38.0 Å². The Balaban J connectivity index is 1.21. The number of fused-ring (bicyclic) bond motifs is 1. The van der Waals surface area contributed by atoms with Crippen LogP contribution in [0.4, 0.5) is 14.9 Å². The molecule has 1 saturated heterocycles. The van der Waals surface area contributed by atoms with E-state index in [2.05, 4.69) is 67.6 Å². The Labute approximate surface area is 253 Å². The molecule has 1 N–H and O–H groups in total. The molecule has 3 heterocycles. The predicted octanol–water partition coefficient (Wildman–Crippen LogP) is 7.24. The van der Waals surface area contributed by atoms with Crippen molar-refractivity contribution in [1.82, 2.24) is 14.7 Å². The lowest BCUT2D eigenvalue weighted by Gasteiger charge is -2.41. The van der Waals surface area contributed by atoms with Gasteiger partial charge in [-0.1, -0.05) is 58.0 Å². The molecule has 2 atom stereocenters. The molecule has 8 heteroatoms. The lowest BCUT2D eigenvalue weighted by Crippen LogP contribution is -2.56. The average molecular weight is 591 g/mol. The van der Waals surface area contributed by atoms with Crippen LogP contribution in [-0.2, 0) is 11.2 Å². The zero-order valence-corrected chi connectivity index (χ0v) is 26.2. The highest BCUT2D eigenvalue weighted by Gasteiger charge is 2.33. The van der Waals surface area contributed by atoms with Gasteiger partial charge in [-0.25, -0.2) is 9.18 Å². The van der Waals surface area contributed by atoms with Crippen LogP contribution in [0, 0.1) is 5.82 Å². The first-order valence-electron chi connectivity index (χ1n) is 15.2. The highest BCUT2D eigenvalue weighted by molar-refractivity contribution is 7.10. The number of amides is 3. The van der Waals surface area contributed by atoms with Gasteiger partial charge in [0.05, 0.1) is 6.04 Å².